The van der Waals surface area contributed by atoms with Gasteiger partial charge in [-0.2, -0.15) is 5.10 Å². The highest BCUT2D eigenvalue weighted by Crippen LogP contribution is 2.29. The molecule has 2 aromatic heterocycles. The molecule has 1 aliphatic heterocycles. The zero-order chi connectivity index (χ0) is 35.2. The number of amides is 2. The third-order valence-corrected chi connectivity index (χ3v) is 10.00. The predicted octanol–water partition coefficient (Wildman–Crippen LogP) is 5.76. The Balaban J connectivity index is 1.02. The third kappa shape index (κ3) is 8.94. The summed E-state index contributed by atoms with van der Waals surface area (Å²) in [6.45, 7) is 12.0. The van der Waals surface area contributed by atoms with Gasteiger partial charge in [0.1, 0.15) is 22.8 Å². The Hall–Kier alpha value is -4.61. The molecule has 0 bridgehead atoms. The van der Waals surface area contributed by atoms with E-state index in [1.807, 2.05) is 25.1 Å². The number of hydrogen-bond acceptors (Lipinski definition) is 7. The number of rotatable bonds is 11. The van der Waals surface area contributed by atoms with Crippen LogP contribution in [0.3, 0.4) is 0 Å². The van der Waals surface area contributed by atoms with Gasteiger partial charge in [0, 0.05) is 63.6 Å². The molecule has 0 radical (unpaired) electrons. The largest absolute Gasteiger partial charge is 0.438 e. The van der Waals surface area contributed by atoms with Crippen LogP contribution in [0.4, 0.5) is 4.39 Å². The van der Waals surface area contributed by atoms with Crippen molar-refractivity contribution < 1.29 is 18.7 Å². The normalized spacial score (nSPS) is 18.6. The number of benzene rings is 2. The van der Waals surface area contributed by atoms with Gasteiger partial charge in [0.15, 0.2) is 0 Å². The van der Waals surface area contributed by atoms with Crippen LogP contribution >= 0.6 is 0 Å². The highest BCUT2D eigenvalue weighted by Gasteiger charge is 2.27. The number of halogens is 1. The van der Waals surface area contributed by atoms with Gasteiger partial charge < -0.3 is 20.3 Å². The van der Waals surface area contributed by atoms with E-state index in [1.54, 1.807) is 23.9 Å². The fourth-order valence-corrected chi connectivity index (χ4v) is 6.75. The van der Waals surface area contributed by atoms with Crippen LogP contribution in [-0.4, -0.2) is 87.2 Å². The fourth-order valence-electron chi connectivity index (χ4n) is 6.75. The molecule has 10 nitrogen and oxygen atoms in total. The second-order valence-corrected chi connectivity index (χ2v) is 13.8. The number of nitrogens with one attached hydrogen (secondary N) is 2. The summed E-state index contributed by atoms with van der Waals surface area (Å²) in [4.78, 5) is 35.2. The minimum absolute atomic E-state index is 0.00730. The van der Waals surface area contributed by atoms with E-state index in [4.69, 9.17) is 4.74 Å². The van der Waals surface area contributed by atoms with E-state index in [-0.39, 0.29) is 29.4 Å². The van der Waals surface area contributed by atoms with Crippen molar-refractivity contribution in [2.45, 2.75) is 71.0 Å². The molecule has 2 aromatic carbocycles. The minimum Gasteiger partial charge on any atom is -0.438 e. The zero-order valence-electron chi connectivity index (χ0n) is 29.5. The second-order valence-electron chi connectivity index (χ2n) is 13.8. The lowest BCUT2D eigenvalue weighted by Gasteiger charge is -2.36. The molecule has 6 rings (SSSR count). The number of pyridine rings is 1. The number of carbonyl (C=O) groups is 2. The van der Waals surface area contributed by atoms with Crippen molar-refractivity contribution >= 4 is 11.8 Å². The van der Waals surface area contributed by atoms with Crippen LogP contribution in [0.1, 0.15) is 71.6 Å². The number of ether oxygens (including phenoxy) is 1. The fraction of sp³-hybridized carbons (Fsp3) is 0.436. The van der Waals surface area contributed by atoms with Crippen LogP contribution in [0.15, 0.2) is 66.9 Å². The van der Waals surface area contributed by atoms with Gasteiger partial charge in [-0.05, 0) is 93.8 Å². The smallest absolute Gasteiger partial charge is 0.272 e. The maximum absolute atomic E-state index is 14.3. The molecular formula is C39H48FN7O3. The summed E-state index contributed by atoms with van der Waals surface area (Å²) < 4.78 is 22.1. The molecule has 2 fully saturated rings. The molecule has 3 heterocycles. The first kappa shape index (κ1) is 35.2. The Morgan fingerprint density at radius 2 is 1.58 bits per heavy atom. The Morgan fingerprint density at radius 1 is 0.900 bits per heavy atom. The first-order valence-corrected chi connectivity index (χ1v) is 17.7. The SMILES string of the molecule is Cc1cc(C(=O)N[C@H]2CC[C@H](NC(=O)c3cc(F)cnc3Oc3cccc(-c4ccc(CCN5CCN(C(C)C)CC5)cc4)c3)CC2)nn1C. The number of piperazine rings is 1. The Morgan fingerprint density at radius 3 is 2.22 bits per heavy atom. The number of hydrogen-bond donors (Lipinski definition) is 2. The van der Waals surface area contributed by atoms with Crippen LogP contribution in [0.2, 0.25) is 0 Å². The quantitative estimate of drug-likeness (QED) is 0.208. The van der Waals surface area contributed by atoms with E-state index in [2.05, 4.69) is 68.6 Å². The number of aryl methyl sites for hydroxylation is 2. The molecule has 50 heavy (non-hydrogen) atoms. The average molecular weight is 682 g/mol. The third-order valence-electron chi connectivity index (χ3n) is 10.00. The topological polar surface area (TPSA) is 105 Å². The van der Waals surface area contributed by atoms with E-state index in [9.17, 15) is 14.0 Å². The van der Waals surface area contributed by atoms with E-state index < -0.39 is 11.7 Å². The predicted molar refractivity (Wildman–Crippen MR) is 192 cm³/mol. The van der Waals surface area contributed by atoms with Crippen molar-refractivity contribution in [2.24, 2.45) is 7.05 Å². The Labute approximate surface area is 294 Å². The van der Waals surface area contributed by atoms with Crippen LogP contribution in [0.25, 0.3) is 11.1 Å². The van der Waals surface area contributed by atoms with E-state index in [0.29, 0.717) is 43.2 Å². The van der Waals surface area contributed by atoms with Crippen molar-refractivity contribution in [3.05, 3.63) is 95.2 Å². The first-order chi connectivity index (χ1) is 24.1. The number of aromatic nitrogens is 3. The summed E-state index contributed by atoms with van der Waals surface area (Å²) >= 11 is 0. The van der Waals surface area contributed by atoms with Gasteiger partial charge in [-0.15, -0.1) is 0 Å². The number of nitrogens with zero attached hydrogens (tertiary/aromatic N) is 5. The summed E-state index contributed by atoms with van der Waals surface area (Å²) in [7, 11) is 1.80. The lowest BCUT2D eigenvalue weighted by molar-refractivity contribution is 0.0887. The van der Waals surface area contributed by atoms with Crippen LogP contribution in [-0.2, 0) is 13.5 Å². The highest BCUT2D eigenvalue weighted by molar-refractivity contribution is 5.96. The molecule has 2 N–H and O–H groups in total. The molecule has 0 atom stereocenters. The van der Waals surface area contributed by atoms with Crippen LogP contribution in [0, 0.1) is 12.7 Å². The van der Waals surface area contributed by atoms with Gasteiger partial charge in [-0.3, -0.25) is 19.2 Å². The molecule has 11 heteroatoms. The van der Waals surface area contributed by atoms with Crippen molar-refractivity contribution in [2.75, 3.05) is 32.7 Å². The molecule has 264 valence electrons. The summed E-state index contributed by atoms with van der Waals surface area (Å²) in [5, 5.41) is 10.3. The van der Waals surface area contributed by atoms with Crippen LogP contribution in [0.5, 0.6) is 11.6 Å². The van der Waals surface area contributed by atoms with E-state index in [0.717, 1.165) is 68.2 Å². The van der Waals surface area contributed by atoms with Crippen LogP contribution < -0.4 is 15.4 Å². The molecule has 0 unspecified atom stereocenters. The van der Waals surface area contributed by atoms with Gasteiger partial charge in [0.2, 0.25) is 5.88 Å². The maximum atomic E-state index is 14.3. The zero-order valence-corrected chi connectivity index (χ0v) is 29.5. The molecule has 1 aliphatic carbocycles. The van der Waals surface area contributed by atoms with Crippen molar-refractivity contribution in [3.8, 4) is 22.8 Å². The Bertz CT molecular complexity index is 1760. The van der Waals surface area contributed by atoms with Gasteiger partial charge in [0.05, 0.1) is 6.20 Å². The van der Waals surface area contributed by atoms with Gasteiger partial charge >= 0.3 is 0 Å². The maximum Gasteiger partial charge on any atom is 0.272 e. The molecular weight excluding hydrogens is 633 g/mol. The Kier molecular flexibility index (Phi) is 11.2. The minimum atomic E-state index is -0.620. The molecule has 1 saturated carbocycles. The summed E-state index contributed by atoms with van der Waals surface area (Å²) in [5.41, 5.74) is 4.66. The first-order valence-electron chi connectivity index (χ1n) is 17.7. The standard InChI is InChI=1S/C39H48FN7O3/c1-26(2)47-20-18-46(19-21-47)17-16-28-8-10-29(11-9-28)30-6-5-7-34(23-30)50-39-35(24-31(40)25-41-39)37(48)42-32-12-14-33(15-13-32)43-38(49)36-22-27(3)45(4)44-36/h5-11,22-26,32-33H,12-21H2,1-4H3,(H,42,48)(H,43,49)/t32-,33-. The van der Waals surface area contributed by atoms with Gasteiger partial charge in [-0.25, -0.2) is 9.37 Å². The summed E-state index contributed by atoms with van der Waals surface area (Å²) in [6.07, 6.45) is 4.82. The van der Waals surface area contributed by atoms with Crippen molar-refractivity contribution in [3.63, 3.8) is 0 Å². The molecule has 2 amide bonds. The van der Waals surface area contributed by atoms with Crippen molar-refractivity contribution in [1.82, 2.24) is 35.2 Å². The molecule has 1 saturated heterocycles. The lowest BCUT2D eigenvalue weighted by atomic mass is 9.91. The molecule has 2 aliphatic rings. The summed E-state index contributed by atoms with van der Waals surface area (Å²) in [6, 6.07) is 19.6. The number of carbonyl (C=O) groups excluding carboxylic acids is 2. The summed E-state index contributed by atoms with van der Waals surface area (Å²) in [5.74, 6) is -0.726. The molecule has 4 aromatic rings. The second kappa shape index (κ2) is 15.9. The lowest BCUT2D eigenvalue weighted by Crippen LogP contribution is -2.49. The van der Waals surface area contributed by atoms with Gasteiger partial charge in [-0.1, -0.05) is 36.4 Å². The average Bonchev–Trinajstić information content (AvgIpc) is 3.47. The molecule has 0 spiro atoms. The van der Waals surface area contributed by atoms with Crippen molar-refractivity contribution in [1.29, 1.82) is 0 Å². The highest BCUT2D eigenvalue weighted by atomic mass is 19.1. The van der Waals surface area contributed by atoms with Gasteiger partial charge in [0.25, 0.3) is 11.8 Å². The van der Waals surface area contributed by atoms with E-state index in [1.165, 1.54) is 5.56 Å². The van der Waals surface area contributed by atoms with E-state index >= 15 is 0 Å². The monoisotopic (exact) mass is 681 g/mol.